The van der Waals surface area contributed by atoms with E-state index in [9.17, 15) is 27.6 Å². The molecule has 1 saturated heterocycles. The van der Waals surface area contributed by atoms with Crippen molar-refractivity contribution in [2.24, 2.45) is 0 Å². The molecule has 2 heterocycles. The van der Waals surface area contributed by atoms with Crippen molar-refractivity contribution in [2.75, 3.05) is 0 Å². The first-order chi connectivity index (χ1) is 14.2. The van der Waals surface area contributed by atoms with Crippen LogP contribution in [-0.4, -0.2) is 28.7 Å². The summed E-state index contributed by atoms with van der Waals surface area (Å²) in [5.74, 6) is -0.614. The van der Waals surface area contributed by atoms with E-state index in [0.29, 0.717) is 17.7 Å². The fourth-order valence-electron chi connectivity index (χ4n) is 3.64. The Morgan fingerprint density at radius 2 is 1.80 bits per heavy atom. The average molecular weight is 434 g/mol. The number of hydrogen-bond acceptors (Lipinski definition) is 4. The Hall–Kier alpha value is -2.81. The maximum absolute atomic E-state index is 12.8. The summed E-state index contributed by atoms with van der Waals surface area (Å²) < 4.78 is 38.1. The Morgan fingerprint density at radius 1 is 1.07 bits per heavy atom. The molecule has 1 unspecified atom stereocenters. The van der Waals surface area contributed by atoms with Gasteiger partial charge in [0, 0.05) is 29.2 Å². The van der Waals surface area contributed by atoms with Gasteiger partial charge in [0.25, 0.3) is 5.91 Å². The first kappa shape index (κ1) is 20.5. The number of nitrogens with zero attached hydrogens (tertiary/aromatic N) is 1. The Labute approximate surface area is 174 Å². The van der Waals surface area contributed by atoms with Crippen molar-refractivity contribution in [1.29, 1.82) is 0 Å². The molecule has 0 spiro atoms. The molecule has 0 bridgehead atoms. The first-order valence-electron chi connectivity index (χ1n) is 9.29. The molecule has 2 aliphatic rings. The molecule has 4 rings (SSSR count). The van der Waals surface area contributed by atoms with Crippen molar-refractivity contribution in [2.45, 2.75) is 42.3 Å². The maximum atomic E-state index is 12.8. The second-order valence-electron chi connectivity index (χ2n) is 7.17. The number of benzene rings is 2. The standard InChI is InChI=1S/C21H17F3N2O3S/c22-21(23,24)13-6-4-12(5-7-13)11-30-17-3-1-2-14-15(17)10-26(20(14)29)16-8-9-18(27)25-19(16)28/h1-7,16H,8-11H2,(H,25,27,28). The molecule has 2 aromatic carbocycles. The van der Waals surface area contributed by atoms with E-state index in [4.69, 9.17) is 0 Å². The van der Waals surface area contributed by atoms with Crippen molar-refractivity contribution in [3.05, 3.63) is 64.7 Å². The number of amides is 3. The van der Waals surface area contributed by atoms with Crippen LogP contribution in [0.5, 0.6) is 0 Å². The number of imide groups is 1. The smallest absolute Gasteiger partial charge is 0.322 e. The minimum atomic E-state index is -4.37. The minimum Gasteiger partial charge on any atom is -0.322 e. The fraction of sp³-hybridized carbons (Fsp3) is 0.286. The van der Waals surface area contributed by atoms with E-state index in [1.54, 1.807) is 12.1 Å². The molecule has 2 aliphatic heterocycles. The van der Waals surface area contributed by atoms with E-state index >= 15 is 0 Å². The third-order valence-electron chi connectivity index (χ3n) is 5.21. The van der Waals surface area contributed by atoms with Gasteiger partial charge in [-0.3, -0.25) is 19.7 Å². The molecular formula is C21H17F3N2O3S. The Bertz CT molecular complexity index is 1020. The Balaban J connectivity index is 1.49. The molecule has 1 atom stereocenters. The number of nitrogens with one attached hydrogen (secondary N) is 1. The topological polar surface area (TPSA) is 66.5 Å². The zero-order valence-corrected chi connectivity index (χ0v) is 16.5. The van der Waals surface area contributed by atoms with E-state index in [2.05, 4.69) is 5.32 Å². The molecule has 9 heteroatoms. The van der Waals surface area contributed by atoms with Crippen molar-refractivity contribution < 1.29 is 27.6 Å². The number of carbonyl (C=O) groups is 3. The van der Waals surface area contributed by atoms with E-state index in [-0.39, 0.29) is 24.8 Å². The zero-order chi connectivity index (χ0) is 21.5. The number of carbonyl (C=O) groups excluding carboxylic acids is 3. The van der Waals surface area contributed by atoms with Gasteiger partial charge in [0.2, 0.25) is 11.8 Å². The Kier molecular flexibility index (Phi) is 5.31. The highest BCUT2D eigenvalue weighted by molar-refractivity contribution is 7.98. The Morgan fingerprint density at radius 3 is 2.47 bits per heavy atom. The minimum absolute atomic E-state index is 0.187. The third kappa shape index (κ3) is 3.94. The van der Waals surface area contributed by atoms with Gasteiger partial charge in [-0.1, -0.05) is 18.2 Å². The lowest BCUT2D eigenvalue weighted by Gasteiger charge is -2.29. The highest BCUT2D eigenvalue weighted by Gasteiger charge is 2.39. The zero-order valence-electron chi connectivity index (χ0n) is 15.7. The van der Waals surface area contributed by atoms with Crippen LogP contribution >= 0.6 is 11.8 Å². The molecule has 156 valence electrons. The first-order valence-corrected chi connectivity index (χ1v) is 10.3. The van der Waals surface area contributed by atoms with Crippen molar-refractivity contribution in [3.63, 3.8) is 0 Å². The number of fused-ring (bicyclic) bond motifs is 1. The summed E-state index contributed by atoms with van der Waals surface area (Å²) in [5, 5.41) is 2.27. The molecule has 0 saturated carbocycles. The summed E-state index contributed by atoms with van der Waals surface area (Å²) in [6.07, 6.45) is -3.89. The second-order valence-corrected chi connectivity index (χ2v) is 8.18. The van der Waals surface area contributed by atoms with Crippen LogP contribution in [0.25, 0.3) is 0 Å². The summed E-state index contributed by atoms with van der Waals surface area (Å²) in [7, 11) is 0. The van der Waals surface area contributed by atoms with Crippen LogP contribution in [0.15, 0.2) is 47.4 Å². The fourth-order valence-corrected chi connectivity index (χ4v) is 4.68. The maximum Gasteiger partial charge on any atom is 0.416 e. The lowest BCUT2D eigenvalue weighted by Crippen LogP contribution is -2.52. The van der Waals surface area contributed by atoms with Gasteiger partial charge in [0.15, 0.2) is 0 Å². The van der Waals surface area contributed by atoms with Crippen LogP contribution in [0.1, 0.15) is 39.9 Å². The van der Waals surface area contributed by atoms with E-state index in [1.807, 2.05) is 6.07 Å². The van der Waals surface area contributed by atoms with Crippen molar-refractivity contribution >= 4 is 29.5 Å². The van der Waals surface area contributed by atoms with Gasteiger partial charge in [-0.05, 0) is 41.8 Å². The quantitative estimate of drug-likeness (QED) is 0.588. The highest BCUT2D eigenvalue weighted by Crippen LogP contribution is 2.36. The molecule has 30 heavy (non-hydrogen) atoms. The molecule has 3 amide bonds. The van der Waals surface area contributed by atoms with Crippen molar-refractivity contribution in [3.8, 4) is 0 Å². The van der Waals surface area contributed by atoms with Crippen LogP contribution in [0.2, 0.25) is 0 Å². The van der Waals surface area contributed by atoms with Gasteiger partial charge in [0.05, 0.1) is 5.56 Å². The van der Waals surface area contributed by atoms with Crippen molar-refractivity contribution in [1.82, 2.24) is 10.2 Å². The molecule has 1 fully saturated rings. The lowest BCUT2D eigenvalue weighted by molar-refractivity contribution is -0.138. The molecule has 1 N–H and O–H groups in total. The van der Waals surface area contributed by atoms with Crippen LogP contribution in [0.4, 0.5) is 13.2 Å². The van der Waals surface area contributed by atoms with Gasteiger partial charge in [-0.15, -0.1) is 11.8 Å². The third-order valence-corrected chi connectivity index (χ3v) is 6.39. The van der Waals surface area contributed by atoms with Gasteiger partial charge >= 0.3 is 6.18 Å². The van der Waals surface area contributed by atoms with Crippen LogP contribution in [0.3, 0.4) is 0 Å². The van der Waals surface area contributed by atoms with Gasteiger partial charge in [-0.25, -0.2) is 0 Å². The van der Waals surface area contributed by atoms with Gasteiger partial charge < -0.3 is 4.90 Å². The van der Waals surface area contributed by atoms with Gasteiger partial charge in [-0.2, -0.15) is 13.2 Å². The lowest BCUT2D eigenvalue weighted by atomic mass is 10.0. The SMILES string of the molecule is O=C1CCC(N2Cc3c(SCc4ccc(C(F)(F)F)cc4)cccc3C2=O)C(=O)N1. The molecule has 2 aromatic rings. The molecular weight excluding hydrogens is 417 g/mol. The van der Waals surface area contributed by atoms with E-state index in [1.165, 1.54) is 28.8 Å². The second kappa shape index (κ2) is 7.79. The van der Waals surface area contributed by atoms with Crippen LogP contribution in [-0.2, 0) is 28.1 Å². The predicted octanol–water partition coefficient (Wildman–Crippen LogP) is 3.76. The number of alkyl halides is 3. The summed E-state index contributed by atoms with van der Waals surface area (Å²) in [6.45, 7) is 0.261. The summed E-state index contributed by atoms with van der Waals surface area (Å²) in [4.78, 5) is 38.7. The van der Waals surface area contributed by atoms with Crippen LogP contribution < -0.4 is 5.32 Å². The summed E-state index contributed by atoms with van der Waals surface area (Å²) in [6, 6.07) is 9.62. The highest BCUT2D eigenvalue weighted by atomic mass is 32.2. The number of thioether (sulfide) groups is 1. The number of hydrogen-bond donors (Lipinski definition) is 1. The molecule has 0 aromatic heterocycles. The predicted molar refractivity (Wildman–Crippen MR) is 103 cm³/mol. The largest absolute Gasteiger partial charge is 0.416 e. The molecule has 0 aliphatic carbocycles. The summed E-state index contributed by atoms with van der Waals surface area (Å²) in [5.41, 5.74) is 1.35. The van der Waals surface area contributed by atoms with E-state index < -0.39 is 23.7 Å². The normalized spacial score (nSPS) is 19.1. The number of rotatable bonds is 4. The summed E-state index contributed by atoms with van der Waals surface area (Å²) >= 11 is 1.43. The molecule has 5 nitrogen and oxygen atoms in total. The molecule has 0 radical (unpaired) electrons. The van der Waals surface area contributed by atoms with Crippen LogP contribution in [0, 0.1) is 0 Å². The average Bonchev–Trinajstić information content (AvgIpc) is 3.03. The van der Waals surface area contributed by atoms with Gasteiger partial charge in [0.1, 0.15) is 6.04 Å². The number of piperidine rings is 1. The van der Waals surface area contributed by atoms with E-state index in [0.717, 1.165) is 28.2 Å². The number of halogens is 3. The monoisotopic (exact) mass is 434 g/mol.